The Morgan fingerprint density at radius 2 is 1.93 bits per heavy atom. The number of guanidine groups is 1. The van der Waals surface area contributed by atoms with Gasteiger partial charge in [0.2, 0.25) is 0 Å². The summed E-state index contributed by atoms with van der Waals surface area (Å²) in [5.74, 6) is 1.42. The Kier molecular flexibility index (Phi) is 13.3. The van der Waals surface area contributed by atoms with E-state index < -0.39 is 0 Å². The van der Waals surface area contributed by atoms with Gasteiger partial charge >= 0.3 is 0 Å². The molecule has 0 saturated carbocycles. The average Bonchev–Trinajstić information content (AvgIpc) is 2.70. The summed E-state index contributed by atoms with van der Waals surface area (Å²) < 4.78 is 7.34. The molecule has 0 amide bonds. The number of halogens is 1. The van der Waals surface area contributed by atoms with Gasteiger partial charge in [0.15, 0.2) is 5.96 Å². The lowest BCUT2D eigenvalue weighted by molar-refractivity contribution is 0.00867. The smallest absolute Gasteiger partial charge is 0.250 e. The number of hydrogen-bond acceptors (Lipinski definition) is 4. The van der Waals surface area contributed by atoms with Crippen LogP contribution in [0.4, 0.5) is 0 Å². The first kappa shape index (κ1) is 26.9. The molecule has 7 nitrogen and oxygen atoms in total. The quantitative estimate of drug-likeness (QED) is 0.209. The van der Waals surface area contributed by atoms with Crippen LogP contribution < -0.4 is 16.2 Å². The second-order valence-corrected chi connectivity index (χ2v) is 7.97. The van der Waals surface area contributed by atoms with Crippen LogP contribution in [0.5, 0.6) is 0 Å². The number of rotatable bonds is 10. The number of nitrogens with zero attached hydrogens (tertiary/aromatic N) is 3. The maximum Gasteiger partial charge on any atom is 0.250 e. The molecule has 1 aromatic rings. The molecule has 1 atom stereocenters. The number of unbranched alkanes of at least 4 members (excludes halogenated alkanes) is 1. The Hall–Kier alpha value is -1.13. The van der Waals surface area contributed by atoms with Gasteiger partial charge in [0.25, 0.3) is 5.56 Å². The van der Waals surface area contributed by atoms with Crippen LogP contribution >= 0.6 is 24.0 Å². The molecule has 2 N–H and O–H groups in total. The summed E-state index contributed by atoms with van der Waals surface area (Å²) in [4.78, 5) is 19.3. The lowest BCUT2D eigenvalue weighted by atomic mass is 10.0. The van der Waals surface area contributed by atoms with Gasteiger partial charge in [-0.15, -0.1) is 24.0 Å². The Bertz CT molecular complexity index is 686. The summed E-state index contributed by atoms with van der Waals surface area (Å²) in [6.45, 7) is 15.4. The Morgan fingerprint density at radius 3 is 2.57 bits per heavy atom. The van der Waals surface area contributed by atoms with Crippen molar-refractivity contribution in [2.45, 2.75) is 53.1 Å². The maximum absolute atomic E-state index is 11.9. The van der Waals surface area contributed by atoms with E-state index in [2.05, 4.69) is 36.3 Å². The molecule has 1 fully saturated rings. The second-order valence-electron chi connectivity index (χ2n) is 7.97. The number of ether oxygens (including phenoxy) is 1. The van der Waals surface area contributed by atoms with Crippen LogP contribution in [0.25, 0.3) is 0 Å². The van der Waals surface area contributed by atoms with Crippen LogP contribution in [0.3, 0.4) is 0 Å². The van der Waals surface area contributed by atoms with Crippen molar-refractivity contribution in [2.24, 2.45) is 10.9 Å². The van der Waals surface area contributed by atoms with E-state index in [9.17, 15) is 4.79 Å². The number of aromatic nitrogens is 1. The topological polar surface area (TPSA) is 70.9 Å². The second kappa shape index (κ2) is 14.8. The summed E-state index contributed by atoms with van der Waals surface area (Å²) in [6.07, 6.45) is 1.95. The highest BCUT2D eigenvalue weighted by atomic mass is 127. The van der Waals surface area contributed by atoms with Gasteiger partial charge in [-0.1, -0.05) is 19.9 Å². The van der Waals surface area contributed by atoms with Gasteiger partial charge in [-0.05, 0) is 38.7 Å². The van der Waals surface area contributed by atoms with E-state index in [0.717, 1.165) is 77.0 Å². The van der Waals surface area contributed by atoms with Crippen molar-refractivity contribution in [2.75, 3.05) is 45.9 Å². The Balaban J connectivity index is 0.00000450. The highest BCUT2D eigenvalue weighted by molar-refractivity contribution is 14.0. The zero-order chi connectivity index (χ0) is 21.1. The zero-order valence-electron chi connectivity index (χ0n) is 19.0. The fourth-order valence-corrected chi connectivity index (χ4v) is 3.70. The standard InChI is InChI=1S/C22H39N5O2.HI/c1-5-23-22(25-17-20(18(2)3)26-13-15-29-16-14-26)24-11-6-7-12-27-19(4)9-8-10-21(27)28;/h8-10,18,20H,5-7,11-17H2,1-4H3,(H2,23,24,25);1H. The molecule has 0 radical (unpaired) electrons. The van der Waals surface area contributed by atoms with Gasteiger partial charge in [0, 0.05) is 50.5 Å². The van der Waals surface area contributed by atoms with Crippen molar-refractivity contribution in [3.05, 3.63) is 34.2 Å². The van der Waals surface area contributed by atoms with E-state index in [-0.39, 0.29) is 29.5 Å². The molecular formula is C22H40IN5O2. The van der Waals surface area contributed by atoms with Crippen LogP contribution in [0, 0.1) is 12.8 Å². The van der Waals surface area contributed by atoms with Crippen molar-refractivity contribution in [1.82, 2.24) is 20.1 Å². The molecule has 1 aromatic heterocycles. The molecule has 0 bridgehead atoms. The number of pyridine rings is 1. The number of aliphatic imine (C=N–C) groups is 1. The van der Waals surface area contributed by atoms with Crippen molar-refractivity contribution in [3.63, 3.8) is 0 Å². The number of hydrogen-bond donors (Lipinski definition) is 2. The summed E-state index contributed by atoms with van der Waals surface area (Å²) in [6, 6.07) is 5.86. The molecule has 0 aromatic carbocycles. The first-order valence-electron chi connectivity index (χ1n) is 11.0. The third kappa shape index (κ3) is 8.93. The predicted octanol–water partition coefficient (Wildman–Crippen LogP) is 2.47. The van der Waals surface area contributed by atoms with Crippen molar-refractivity contribution in [1.29, 1.82) is 0 Å². The molecule has 1 saturated heterocycles. The summed E-state index contributed by atoms with van der Waals surface area (Å²) in [5, 5.41) is 6.79. The van der Waals surface area contributed by atoms with Crippen molar-refractivity contribution >= 4 is 29.9 Å². The molecule has 30 heavy (non-hydrogen) atoms. The fraction of sp³-hybridized carbons (Fsp3) is 0.727. The van der Waals surface area contributed by atoms with E-state index in [1.54, 1.807) is 6.07 Å². The summed E-state index contributed by atoms with van der Waals surface area (Å²) in [5.41, 5.74) is 1.10. The number of morpholine rings is 1. The van der Waals surface area contributed by atoms with Gasteiger partial charge < -0.3 is 19.9 Å². The van der Waals surface area contributed by atoms with Gasteiger partial charge in [-0.2, -0.15) is 0 Å². The molecular weight excluding hydrogens is 493 g/mol. The monoisotopic (exact) mass is 533 g/mol. The van der Waals surface area contributed by atoms with Crippen LogP contribution in [0.15, 0.2) is 28.0 Å². The molecule has 2 rings (SSSR count). The van der Waals surface area contributed by atoms with Gasteiger partial charge in [-0.25, -0.2) is 0 Å². The van der Waals surface area contributed by atoms with E-state index in [4.69, 9.17) is 9.73 Å². The predicted molar refractivity (Wildman–Crippen MR) is 135 cm³/mol. The lowest BCUT2D eigenvalue weighted by Gasteiger charge is -2.36. The largest absolute Gasteiger partial charge is 0.379 e. The lowest BCUT2D eigenvalue weighted by Crippen LogP contribution is -2.48. The third-order valence-corrected chi connectivity index (χ3v) is 5.43. The van der Waals surface area contributed by atoms with Crippen molar-refractivity contribution < 1.29 is 4.74 Å². The van der Waals surface area contributed by atoms with Gasteiger partial charge in [0.05, 0.1) is 19.8 Å². The molecule has 2 heterocycles. The molecule has 1 unspecified atom stereocenters. The Morgan fingerprint density at radius 1 is 1.20 bits per heavy atom. The molecule has 0 spiro atoms. The molecule has 172 valence electrons. The van der Waals surface area contributed by atoms with E-state index in [0.29, 0.717) is 12.0 Å². The minimum absolute atomic E-state index is 0. The fourth-order valence-electron chi connectivity index (χ4n) is 3.70. The molecule has 0 aliphatic carbocycles. The van der Waals surface area contributed by atoms with E-state index in [1.165, 1.54) is 0 Å². The highest BCUT2D eigenvalue weighted by Crippen LogP contribution is 2.13. The van der Waals surface area contributed by atoms with Crippen LogP contribution in [0.2, 0.25) is 0 Å². The van der Waals surface area contributed by atoms with E-state index >= 15 is 0 Å². The SMILES string of the molecule is CCNC(=NCC(C(C)C)N1CCOCC1)NCCCCn1c(C)cccc1=O.I. The molecule has 8 heteroatoms. The van der Waals surface area contributed by atoms with Gasteiger partial charge in [-0.3, -0.25) is 14.7 Å². The average molecular weight is 533 g/mol. The summed E-state index contributed by atoms with van der Waals surface area (Å²) in [7, 11) is 0. The maximum atomic E-state index is 11.9. The van der Waals surface area contributed by atoms with Gasteiger partial charge in [0.1, 0.15) is 0 Å². The third-order valence-electron chi connectivity index (χ3n) is 5.43. The normalized spacial score (nSPS) is 16.2. The molecule has 1 aliphatic heterocycles. The van der Waals surface area contributed by atoms with Crippen LogP contribution in [-0.2, 0) is 11.3 Å². The van der Waals surface area contributed by atoms with E-state index in [1.807, 2.05) is 23.6 Å². The number of aryl methyl sites for hydroxylation is 1. The van der Waals surface area contributed by atoms with Crippen LogP contribution in [0.1, 0.15) is 39.3 Å². The number of nitrogens with one attached hydrogen (secondary N) is 2. The molecule has 1 aliphatic rings. The summed E-state index contributed by atoms with van der Waals surface area (Å²) >= 11 is 0. The Labute approximate surface area is 198 Å². The highest BCUT2D eigenvalue weighted by Gasteiger charge is 2.23. The zero-order valence-corrected chi connectivity index (χ0v) is 21.4. The van der Waals surface area contributed by atoms with Crippen molar-refractivity contribution in [3.8, 4) is 0 Å². The first-order valence-corrected chi connectivity index (χ1v) is 11.0. The minimum atomic E-state index is 0. The first-order chi connectivity index (χ1) is 14.0. The van der Waals surface area contributed by atoms with Crippen LogP contribution in [-0.4, -0.2) is 67.4 Å². The minimum Gasteiger partial charge on any atom is -0.379 e.